The third-order valence-electron chi connectivity index (χ3n) is 5.35. The summed E-state index contributed by atoms with van der Waals surface area (Å²) >= 11 is 0. The van der Waals surface area contributed by atoms with Gasteiger partial charge in [0.1, 0.15) is 11.6 Å². The molecule has 31 heavy (non-hydrogen) atoms. The van der Waals surface area contributed by atoms with E-state index in [1.165, 1.54) is 12.1 Å². The quantitative estimate of drug-likeness (QED) is 0.354. The number of hydrogen-bond donors (Lipinski definition) is 0. The molecule has 0 saturated heterocycles. The number of halogens is 1. The van der Waals surface area contributed by atoms with E-state index in [2.05, 4.69) is 0 Å². The van der Waals surface area contributed by atoms with E-state index < -0.39 is 0 Å². The smallest absolute Gasteiger partial charge is 0.164 e. The number of fused-ring (bicyclic) bond motifs is 1. The molecule has 0 atom stereocenters. The van der Waals surface area contributed by atoms with Crippen LogP contribution >= 0.6 is 0 Å². The molecule has 0 bridgehead atoms. The average Bonchev–Trinajstić information content (AvgIpc) is 3.16. The lowest BCUT2D eigenvalue weighted by Crippen LogP contribution is -1.98. The van der Waals surface area contributed by atoms with Gasteiger partial charge in [-0.15, -0.1) is 0 Å². The first-order valence-corrected chi connectivity index (χ1v) is 10.0. The van der Waals surface area contributed by atoms with Crippen LogP contribution in [0.1, 0.15) is 5.69 Å². The van der Waals surface area contributed by atoms with Gasteiger partial charge in [0, 0.05) is 5.56 Å². The van der Waals surface area contributed by atoms with Crippen molar-refractivity contribution in [2.75, 3.05) is 7.11 Å². The molecule has 0 N–H and O–H groups in total. The van der Waals surface area contributed by atoms with Gasteiger partial charge in [-0.3, -0.25) is 0 Å². The molecule has 0 aliphatic carbocycles. The maximum atomic E-state index is 13.6. The van der Waals surface area contributed by atoms with Gasteiger partial charge >= 0.3 is 0 Å². The summed E-state index contributed by atoms with van der Waals surface area (Å²) in [7, 11) is 1.65. The molecule has 0 aliphatic heterocycles. The summed E-state index contributed by atoms with van der Waals surface area (Å²) in [5.74, 6) is 0.523. The lowest BCUT2D eigenvalue weighted by molar-refractivity contribution is 0.415. The molecule has 5 rings (SSSR count). The van der Waals surface area contributed by atoms with Crippen molar-refractivity contribution in [1.82, 2.24) is 14.8 Å². The van der Waals surface area contributed by atoms with E-state index in [0.717, 1.165) is 50.5 Å². The number of aryl methyl sites for hydroxylation is 1. The zero-order valence-corrected chi connectivity index (χ0v) is 17.2. The number of pyridine rings is 1. The number of methoxy groups -OCH3 is 1. The molecule has 5 heteroatoms. The Labute approximate surface area is 179 Å². The normalized spacial score (nSPS) is 11.1. The van der Waals surface area contributed by atoms with E-state index in [9.17, 15) is 4.39 Å². The van der Waals surface area contributed by atoms with Crippen LogP contribution in [0.15, 0.2) is 84.9 Å². The Kier molecular flexibility index (Phi) is 4.71. The van der Waals surface area contributed by atoms with Crippen LogP contribution in [-0.2, 0) is 0 Å². The molecule has 152 valence electrons. The predicted molar refractivity (Wildman–Crippen MR) is 121 cm³/mol. The van der Waals surface area contributed by atoms with Crippen LogP contribution < -0.4 is 4.74 Å². The second kappa shape index (κ2) is 7.69. The molecule has 3 aromatic carbocycles. The molecular formula is C26H20FN3O. The lowest BCUT2D eigenvalue weighted by Gasteiger charge is -2.10. The van der Waals surface area contributed by atoms with Crippen LogP contribution in [0.2, 0.25) is 0 Å². The number of nitrogens with zero attached hydrogens (tertiary/aromatic N) is 3. The number of para-hydroxylation sites is 1. The maximum Gasteiger partial charge on any atom is 0.164 e. The second-order valence-electron chi connectivity index (χ2n) is 7.32. The molecule has 2 heterocycles. The number of rotatable bonds is 4. The van der Waals surface area contributed by atoms with Gasteiger partial charge in [0.25, 0.3) is 0 Å². The van der Waals surface area contributed by atoms with Crippen molar-refractivity contribution >= 4 is 11.0 Å². The fourth-order valence-corrected chi connectivity index (χ4v) is 3.80. The van der Waals surface area contributed by atoms with Gasteiger partial charge in [-0.2, -0.15) is 5.10 Å². The summed E-state index contributed by atoms with van der Waals surface area (Å²) in [5.41, 5.74) is 6.22. The summed E-state index contributed by atoms with van der Waals surface area (Å²) in [6.45, 7) is 1.98. The molecule has 2 aromatic heterocycles. The highest BCUT2D eigenvalue weighted by Crippen LogP contribution is 2.35. The molecule has 0 amide bonds. The van der Waals surface area contributed by atoms with E-state index in [1.54, 1.807) is 19.2 Å². The van der Waals surface area contributed by atoms with Crippen molar-refractivity contribution in [2.24, 2.45) is 0 Å². The molecule has 5 aromatic rings. The number of aromatic nitrogens is 3. The minimum absolute atomic E-state index is 0.263. The zero-order valence-electron chi connectivity index (χ0n) is 17.2. The Bertz CT molecular complexity index is 1360. The highest BCUT2D eigenvalue weighted by molar-refractivity contribution is 5.97. The minimum Gasteiger partial charge on any atom is -0.497 e. The minimum atomic E-state index is -0.263. The molecule has 0 saturated carbocycles. The van der Waals surface area contributed by atoms with Crippen molar-refractivity contribution in [2.45, 2.75) is 6.92 Å². The van der Waals surface area contributed by atoms with Crippen molar-refractivity contribution in [3.8, 4) is 33.8 Å². The van der Waals surface area contributed by atoms with Gasteiger partial charge in [-0.05, 0) is 72.6 Å². The fraction of sp³-hybridized carbons (Fsp3) is 0.0769. The van der Waals surface area contributed by atoms with E-state index >= 15 is 0 Å². The summed E-state index contributed by atoms with van der Waals surface area (Å²) in [5, 5.41) is 5.74. The molecular weight excluding hydrogens is 389 g/mol. The van der Waals surface area contributed by atoms with Crippen molar-refractivity contribution in [3.05, 3.63) is 96.4 Å². The molecule has 0 unspecified atom stereocenters. The molecule has 0 spiro atoms. The Morgan fingerprint density at radius 1 is 0.839 bits per heavy atom. The van der Waals surface area contributed by atoms with Crippen molar-refractivity contribution in [1.29, 1.82) is 0 Å². The molecule has 0 radical (unpaired) electrons. The molecule has 0 aliphatic rings. The fourth-order valence-electron chi connectivity index (χ4n) is 3.80. The summed E-state index contributed by atoms with van der Waals surface area (Å²) in [6, 6.07) is 26.3. The van der Waals surface area contributed by atoms with E-state index in [-0.39, 0.29) is 5.82 Å². The third kappa shape index (κ3) is 3.44. The van der Waals surface area contributed by atoms with E-state index in [1.807, 2.05) is 72.3 Å². The Morgan fingerprint density at radius 2 is 1.52 bits per heavy atom. The Morgan fingerprint density at radius 3 is 2.19 bits per heavy atom. The first-order chi connectivity index (χ1) is 15.1. The van der Waals surface area contributed by atoms with Gasteiger partial charge in [0.05, 0.1) is 29.6 Å². The van der Waals surface area contributed by atoms with E-state index in [4.69, 9.17) is 14.8 Å². The topological polar surface area (TPSA) is 39.9 Å². The molecule has 0 fully saturated rings. The molecule has 4 nitrogen and oxygen atoms in total. The average molecular weight is 409 g/mol. The van der Waals surface area contributed by atoms with Crippen LogP contribution in [0.5, 0.6) is 5.75 Å². The van der Waals surface area contributed by atoms with Gasteiger partial charge in [-0.25, -0.2) is 14.1 Å². The third-order valence-corrected chi connectivity index (χ3v) is 5.35. The standard InChI is InChI=1S/C26H20FN3O/c1-17-25-23(18-8-12-20(27)13-9-18)16-24(19-10-14-22(31-2)15-11-19)28-26(25)30(29-17)21-6-4-3-5-7-21/h3-16H,1-2H3. The van der Waals surface area contributed by atoms with Crippen molar-refractivity contribution in [3.63, 3.8) is 0 Å². The lowest BCUT2D eigenvalue weighted by atomic mass is 9.99. The van der Waals surface area contributed by atoms with Crippen LogP contribution in [0, 0.1) is 12.7 Å². The monoisotopic (exact) mass is 409 g/mol. The second-order valence-corrected chi connectivity index (χ2v) is 7.32. The van der Waals surface area contributed by atoms with Crippen LogP contribution in [0.25, 0.3) is 39.1 Å². The van der Waals surface area contributed by atoms with Gasteiger partial charge in [0.15, 0.2) is 5.65 Å². The first-order valence-electron chi connectivity index (χ1n) is 10.0. The van der Waals surface area contributed by atoms with Gasteiger partial charge in [0.2, 0.25) is 0 Å². The first kappa shape index (κ1) is 19.0. The summed E-state index contributed by atoms with van der Waals surface area (Å²) in [6.07, 6.45) is 0. The Balaban J connectivity index is 1.81. The van der Waals surface area contributed by atoms with Crippen LogP contribution in [0.4, 0.5) is 4.39 Å². The summed E-state index contributed by atoms with van der Waals surface area (Å²) < 4.78 is 20.8. The highest BCUT2D eigenvalue weighted by atomic mass is 19.1. The van der Waals surface area contributed by atoms with Crippen LogP contribution in [0.3, 0.4) is 0 Å². The summed E-state index contributed by atoms with van der Waals surface area (Å²) in [4.78, 5) is 4.99. The number of hydrogen-bond acceptors (Lipinski definition) is 3. The SMILES string of the molecule is COc1ccc(-c2cc(-c3ccc(F)cc3)c3c(C)nn(-c4ccccc4)c3n2)cc1. The van der Waals surface area contributed by atoms with Gasteiger partial charge < -0.3 is 4.74 Å². The van der Waals surface area contributed by atoms with E-state index in [0.29, 0.717) is 0 Å². The number of ether oxygens (including phenoxy) is 1. The zero-order chi connectivity index (χ0) is 21.4. The maximum absolute atomic E-state index is 13.6. The number of benzene rings is 3. The largest absolute Gasteiger partial charge is 0.497 e. The van der Waals surface area contributed by atoms with Crippen molar-refractivity contribution < 1.29 is 9.13 Å². The Hall–Kier alpha value is -3.99. The van der Waals surface area contributed by atoms with Gasteiger partial charge in [-0.1, -0.05) is 30.3 Å². The predicted octanol–water partition coefficient (Wildman–Crippen LogP) is 6.21. The van der Waals surface area contributed by atoms with Crippen LogP contribution in [-0.4, -0.2) is 21.9 Å². The highest BCUT2D eigenvalue weighted by Gasteiger charge is 2.18.